The lowest BCUT2D eigenvalue weighted by Crippen LogP contribution is -2.38. The molecular weight excluding hydrogens is 520 g/mol. The summed E-state index contributed by atoms with van der Waals surface area (Å²) in [5.74, 6) is -2.68. The summed E-state index contributed by atoms with van der Waals surface area (Å²) >= 11 is 0. The van der Waals surface area contributed by atoms with Crippen molar-refractivity contribution in [1.29, 1.82) is 0 Å². The molecule has 3 aromatic carbocycles. The van der Waals surface area contributed by atoms with Crippen LogP contribution in [0.5, 0.6) is 5.75 Å². The van der Waals surface area contributed by atoms with Crippen LogP contribution in [0.3, 0.4) is 0 Å². The van der Waals surface area contributed by atoms with Crippen LogP contribution in [0.2, 0.25) is 0 Å². The maximum atomic E-state index is 14.0. The molecule has 9 nitrogen and oxygen atoms in total. The number of carbonyl (C=O) groups is 3. The predicted octanol–water partition coefficient (Wildman–Crippen LogP) is 3.33. The number of rotatable bonds is 15. The largest absolute Gasteiger partial charge is 0.508 e. The van der Waals surface area contributed by atoms with Crippen LogP contribution in [0.4, 0.5) is 0 Å². The van der Waals surface area contributed by atoms with Crippen molar-refractivity contribution in [3.8, 4) is 5.75 Å². The SMILES string of the molecule is CCCN(CCC)C(=O)c1cc(C(N)=O)cc(C(N)=O)c1[C@H](Cc1ccc(O)cc1)[C@@H](O)CNCc1ccccc1. The highest BCUT2D eigenvalue weighted by molar-refractivity contribution is 6.06. The Morgan fingerprint density at radius 3 is 2.02 bits per heavy atom. The van der Waals surface area contributed by atoms with Gasteiger partial charge in [0.1, 0.15) is 5.75 Å². The molecule has 0 aliphatic rings. The second-order valence-electron chi connectivity index (χ2n) is 10.2. The van der Waals surface area contributed by atoms with E-state index >= 15 is 0 Å². The number of aromatic hydroxyl groups is 1. The van der Waals surface area contributed by atoms with Crippen molar-refractivity contribution in [3.63, 3.8) is 0 Å². The number of phenolic OH excluding ortho intramolecular Hbond substituents is 1. The average Bonchev–Trinajstić information content (AvgIpc) is 2.96. The molecule has 3 amide bonds. The Balaban J connectivity index is 2.15. The maximum Gasteiger partial charge on any atom is 0.254 e. The van der Waals surface area contributed by atoms with Crippen LogP contribution >= 0.6 is 0 Å². The number of nitrogens with two attached hydrogens (primary N) is 2. The van der Waals surface area contributed by atoms with Crippen molar-refractivity contribution in [1.82, 2.24) is 10.2 Å². The Kier molecular flexibility index (Phi) is 11.4. The van der Waals surface area contributed by atoms with E-state index in [9.17, 15) is 24.6 Å². The number of amides is 3. The van der Waals surface area contributed by atoms with Gasteiger partial charge in [-0.15, -0.1) is 0 Å². The molecule has 7 N–H and O–H groups in total. The van der Waals surface area contributed by atoms with Gasteiger partial charge >= 0.3 is 0 Å². The summed E-state index contributed by atoms with van der Waals surface area (Å²) in [6.07, 6.45) is 0.596. The van der Waals surface area contributed by atoms with E-state index in [1.54, 1.807) is 17.0 Å². The normalized spacial score (nSPS) is 12.5. The molecule has 3 aromatic rings. The average molecular weight is 561 g/mol. The minimum Gasteiger partial charge on any atom is -0.508 e. The molecule has 0 aliphatic heterocycles. The van der Waals surface area contributed by atoms with Crippen molar-refractivity contribution in [2.45, 2.75) is 51.7 Å². The smallest absolute Gasteiger partial charge is 0.254 e. The third-order valence-electron chi connectivity index (χ3n) is 6.99. The van der Waals surface area contributed by atoms with E-state index < -0.39 is 23.8 Å². The fourth-order valence-electron chi connectivity index (χ4n) is 5.02. The van der Waals surface area contributed by atoms with Gasteiger partial charge in [0.2, 0.25) is 11.8 Å². The van der Waals surface area contributed by atoms with Crippen LogP contribution < -0.4 is 16.8 Å². The highest BCUT2D eigenvalue weighted by atomic mass is 16.3. The Bertz CT molecular complexity index is 1320. The first kappa shape index (κ1) is 31.3. The highest BCUT2D eigenvalue weighted by Gasteiger charge is 2.32. The number of hydrogen-bond acceptors (Lipinski definition) is 6. The van der Waals surface area contributed by atoms with Gasteiger partial charge in [-0.05, 0) is 60.2 Å². The van der Waals surface area contributed by atoms with Crippen LogP contribution in [0.1, 0.15) is 80.4 Å². The molecule has 0 spiro atoms. The topological polar surface area (TPSA) is 159 Å². The van der Waals surface area contributed by atoms with Gasteiger partial charge in [-0.2, -0.15) is 0 Å². The molecule has 0 saturated heterocycles. The summed E-state index contributed by atoms with van der Waals surface area (Å²) in [5.41, 5.74) is 13.5. The second-order valence-corrected chi connectivity index (χ2v) is 10.2. The van der Waals surface area contributed by atoms with E-state index in [2.05, 4.69) is 5.32 Å². The monoisotopic (exact) mass is 560 g/mol. The number of hydrogen-bond donors (Lipinski definition) is 5. The summed E-state index contributed by atoms with van der Waals surface area (Å²) in [6.45, 7) is 5.52. The number of primary amides is 2. The zero-order valence-corrected chi connectivity index (χ0v) is 23.7. The third-order valence-corrected chi connectivity index (χ3v) is 6.99. The van der Waals surface area contributed by atoms with Gasteiger partial charge in [0, 0.05) is 48.8 Å². The zero-order chi connectivity index (χ0) is 29.9. The fourth-order valence-corrected chi connectivity index (χ4v) is 5.02. The molecular formula is C32H40N4O5. The van der Waals surface area contributed by atoms with Gasteiger partial charge in [-0.3, -0.25) is 14.4 Å². The van der Waals surface area contributed by atoms with E-state index in [-0.39, 0.29) is 46.9 Å². The molecule has 41 heavy (non-hydrogen) atoms. The molecule has 0 saturated carbocycles. The van der Waals surface area contributed by atoms with Crippen LogP contribution in [-0.4, -0.2) is 58.6 Å². The first-order chi connectivity index (χ1) is 19.7. The number of phenols is 1. The summed E-state index contributed by atoms with van der Waals surface area (Å²) in [7, 11) is 0. The van der Waals surface area contributed by atoms with Gasteiger partial charge in [0.25, 0.3) is 5.91 Å². The fraction of sp³-hybridized carbons (Fsp3) is 0.344. The number of aliphatic hydroxyl groups is 1. The quantitative estimate of drug-likeness (QED) is 0.192. The van der Waals surface area contributed by atoms with Crippen LogP contribution in [0.25, 0.3) is 0 Å². The molecule has 0 fully saturated rings. The summed E-state index contributed by atoms with van der Waals surface area (Å²) in [6, 6.07) is 18.9. The number of carbonyl (C=O) groups excluding carboxylic acids is 3. The van der Waals surface area contributed by atoms with Crippen molar-refractivity contribution < 1.29 is 24.6 Å². The lowest BCUT2D eigenvalue weighted by atomic mass is 9.80. The van der Waals surface area contributed by atoms with E-state index in [1.165, 1.54) is 24.3 Å². The first-order valence-electron chi connectivity index (χ1n) is 13.9. The van der Waals surface area contributed by atoms with Gasteiger partial charge in [0.15, 0.2) is 0 Å². The molecule has 0 radical (unpaired) electrons. The molecule has 0 aliphatic carbocycles. The number of aliphatic hydroxyl groups excluding tert-OH is 1. The molecule has 3 rings (SSSR count). The van der Waals surface area contributed by atoms with Gasteiger partial charge < -0.3 is 31.9 Å². The second kappa shape index (κ2) is 15.0. The highest BCUT2D eigenvalue weighted by Crippen LogP contribution is 2.33. The van der Waals surface area contributed by atoms with Crippen molar-refractivity contribution in [3.05, 3.63) is 100 Å². The number of nitrogens with one attached hydrogen (secondary N) is 1. The standard InChI is InChI=1S/C32H40N4O5/c1-3-14-36(15-4-2)32(41)27-18-23(30(33)39)17-26(31(34)40)29(27)25(16-21-10-12-24(37)13-11-21)28(38)20-35-19-22-8-6-5-7-9-22/h5-13,17-18,25,28,35,37-38H,3-4,14-16,19-20H2,1-2H3,(H2,33,39)(H2,34,40)/t25-,28+/m1/s1. The Morgan fingerprint density at radius 2 is 1.46 bits per heavy atom. The van der Waals surface area contributed by atoms with E-state index in [0.29, 0.717) is 32.5 Å². The lowest BCUT2D eigenvalue weighted by molar-refractivity contribution is 0.0751. The molecule has 9 heteroatoms. The van der Waals surface area contributed by atoms with Crippen molar-refractivity contribution in [2.75, 3.05) is 19.6 Å². The Labute approximate surface area is 241 Å². The summed E-state index contributed by atoms with van der Waals surface area (Å²) < 4.78 is 0. The Morgan fingerprint density at radius 1 is 0.854 bits per heavy atom. The number of benzene rings is 3. The molecule has 0 heterocycles. The van der Waals surface area contributed by atoms with E-state index in [4.69, 9.17) is 11.5 Å². The van der Waals surface area contributed by atoms with Crippen LogP contribution in [-0.2, 0) is 13.0 Å². The molecule has 2 atom stereocenters. The van der Waals surface area contributed by atoms with Crippen molar-refractivity contribution in [2.24, 2.45) is 11.5 Å². The first-order valence-corrected chi connectivity index (χ1v) is 13.9. The Hall–Kier alpha value is -4.21. The maximum absolute atomic E-state index is 14.0. The van der Waals surface area contributed by atoms with Crippen LogP contribution in [0, 0.1) is 0 Å². The van der Waals surface area contributed by atoms with E-state index in [0.717, 1.165) is 11.1 Å². The third kappa shape index (κ3) is 8.39. The summed E-state index contributed by atoms with van der Waals surface area (Å²) in [4.78, 5) is 40.8. The molecule has 0 unspecified atom stereocenters. The van der Waals surface area contributed by atoms with Gasteiger partial charge in [0.05, 0.1) is 6.10 Å². The predicted molar refractivity (Wildman–Crippen MR) is 159 cm³/mol. The molecule has 0 aromatic heterocycles. The van der Waals surface area contributed by atoms with Gasteiger partial charge in [-0.25, -0.2) is 0 Å². The van der Waals surface area contributed by atoms with Gasteiger partial charge in [-0.1, -0.05) is 56.3 Å². The van der Waals surface area contributed by atoms with Crippen LogP contribution in [0.15, 0.2) is 66.7 Å². The minimum atomic E-state index is -1.05. The molecule has 0 bridgehead atoms. The number of nitrogens with zero attached hydrogens (tertiary/aromatic N) is 1. The summed E-state index contributed by atoms with van der Waals surface area (Å²) in [5, 5.41) is 24.7. The lowest BCUT2D eigenvalue weighted by Gasteiger charge is -2.30. The zero-order valence-electron chi connectivity index (χ0n) is 23.7. The van der Waals surface area contributed by atoms with Crippen molar-refractivity contribution >= 4 is 17.7 Å². The minimum absolute atomic E-state index is 0.0149. The van der Waals surface area contributed by atoms with E-state index in [1.807, 2.05) is 44.2 Å². The molecule has 218 valence electrons.